The average molecular weight is 182 g/mol. The molecule has 4 radical (unpaired) electrons. The van der Waals surface area contributed by atoms with Crippen LogP contribution in [0.15, 0.2) is 0 Å². The van der Waals surface area contributed by atoms with E-state index in [0.29, 0.717) is 0 Å². The van der Waals surface area contributed by atoms with E-state index in [1.165, 1.54) is 0 Å². The molecule has 0 aliphatic rings. The topological polar surface area (TPSA) is 106 Å². The van der Waals surface area contributed by atoms with Gasteiger partial charge in [0.15, 0.2) is 0 Å². The van der Waals surface area contributed by atoms with Gasteiger partial charge in [-0.3, -0.25) is 9.11 Å². The summed E-state index contributed by atoms with van der Waals surface area (Å²) in [5.74, 6) is 0. The molecule has 0 fully saturated rings. The fourth-order valence-corrected chi connectivity index (χ4v) is 0. The largest absolute Gasteiger partial charge is 0.412 e. The number of hydrogen-bond acceptors (Lipinski definition) is 2. The third-order valence-corrected chi connectivity index (χ3v) is 0. The summed E-state index contributed by atoms with van der Waals surface area (Å²) in [5.41, 5.74) is 0. The van der Waals surface area contributed by atoms with Crippen molar-refractivity contribution in [3.63, 3.8) is 0 Å². The molecule has 0 aromatic heterocycles. The first-order chi connectivity index (χ1) is 2.00. The Hall–Kier alpha value is 2.00. The van der Waals surface area contributed by atoms with Crippen molar-refractivity contribution in [1.82, 2.24) is 0 Å². The molecule has 44 valence electrons. The zero-order valence-electron chi connectivity index (χ0n) is 4.20. The van der Waals surface area contributed by atoms with E-state index in [-0.39, 0.29) is 74.2 Å². The van der Waals surface area contributed by atoms with Crippen molar-refractivity contribution < 1.29 is 23.0 Å². The minimum Gasteiger partial charge on any atom is -0.412 e. The fourth-order valence-electron chi connectivity index (χ4n) is 0. The van der Waals surface area contributed by atoms with Gasteiger partial charge in [-0.25, -0.2) is 0 Å². The van der Waals surface area contributed by atoms with E-state index < -0.39 is 10.4 Å². The van der Waals surface area contributed by atoms with Crippen LogP contribution in [-0.4, -0.2) is 91.7 Å². The third-order valence-electron chi connectivity index (χ3n) is 0. The molecule has 0 saturated carbocycles. The third kappa shape index (κ3) is 98.1. The van der Waals surface area contributed by atoms with E-state index >= 15 is 0 Å². The Morgan fingerprint density at radius 1 is 1.12 bits per heavy atom. The molecular formula is H4AlKO5S. The maximum Gasteiger partial charge on any atom is 0.394 e. The second-order valence-corrected chi connectivity index (χ2v) is 1.34. The van der Waals surface area contributed by atoms with Crippen molar-refractivity contribution in [2.45, 2.75) is 0 Å². The van der Waals surface area contributed by atoms with Crippen molar-refractivity contribution >= 4 is 79.1 Å². The normalized spacial score (nSPS) is 7.25. The van der Waals surface area contributed by atoms with Crippen molar-refractivity contribution in [3.05, 3.63) is 0 Å². The first kappa shape index (κ1) is 22.5. The van der Waals surface area contributed by atoms with E-state index in [1.54, 1.807) is 0 Å². The van der Waals surface area contributed by atoms with Gasteiger partial charge in [-0.05, 0) is 0 Å². The van der Waals surface area contributed by atoms with Crippen LogP contribution in [0.4, 0.5) is 0 Å². The van der Waals surface area contributed by atoms with Gasteiger partial charge >= 0.3 is 10.4 Å². The smallest absolute Gasteiger partial charge is 0.394 e. The summed E-state index contributed by atoms with van der Waals surface area (Å²) >= 11 is 0. The van der Waals surface area contributed by atoms with E-state index in [4.69, 9.17) is 17.5 Å². The monoisotopic (exact) mass is 182 g/mol. The molecule has 8 heavy (non-hydrogen) atoms. The van der Waals surface area contributed by atoms with Crippen LogP contribution in [0.2, 0.25) is 0 Å². The van der Waals surface area contributed by atoms with Crippen LogP contribution >= 0.6 is 0 Å². The zero-order valence-corrected chi connectivity index (χ0v) is 9.29. The Kier molecular flexibility index (Phi) is 25.3. The molecule has 0 bridgehead atoms. The maximum atomic E-state index is 8.74. The van der Waals surface area contributed by atoms with Crippen LogP contribution in [0.5, 0.6) is 0 Å². The van der Waals surface area contributed by atoms with Gasteiger partial charge in [-0.1, -0.05) is 0 Å². The van der Waals surface area contributed by atoms with E-state index in [9.17, 15) is 0 Å². The van der Waals surface area contributed by atoms with Crippen molar-refractivity contribution in [3.8, 4) is 0 Å². The molecular weight excluding hydrogens is 178 g/mol. The van der Waals surface area contributed by atoms with Crippen LogP contribution in [-0.2, 0) is 10.4 Å². The molecule has 0 aromatic rings. The Bertz CT molecular complexity index is 95.6. The zero-order chi connectivity index (χ0) is 4.50. The molecule has 0 unspecified atom stereocenters. The second kappa shape index (κ2) is 9.00. The second-order valence-electron chi connectivity index (χ2n) is 0.448. The Labute approximate surface area is 100 Å². The van der Waals surface area contributed by atoms with Gasteiger partial charge < -0.3 is 5.48 Å². The summed E-state index contributed by atoms with van der Waals surface area (Å²) in [4.78, 5) is 0. The maximum absolute atomic E-state index is 8.74. The van der Waals surface area contributed by atoms with Crippen LogP contribution in [0.25, 0.3) is 0 Å². The van der Waals surface area contributed by atoms with Gasteiger partial charge in [0.05, 0.1) is 0 Å². The van der Waals surface area contributed by atoms with Gasteiger partial charge in [0.1, 0.15) is 0 Å². The van der Waals surface area contributed by atoms with Crippen LogP contribution in [0.3, 0.4) is 0 Å². The molecule has 8 heteroatoms. The first-order valence-corrected chi connectivity index (χ1v) is 2.10. The molecule has 0 aromatic carbocycles. The average Bonchev–Trinajstić information content (AvgIpc) is 0.722. The standard InChI is InChI=1S/Al.K.H2O4S.H2O/c;;1-5(2,3)4;/h;;(H2,1,2,3,4);1H2. The Balaban J connectivity index is -0.0000000267. The van der Waals surface area contributed by atoms with Crippen molar-refractivity contribution in [2.75, 3.05) is 0 Å². The van der Waals surface area contributed by atoms with Gasteiger partial charge in [0.25, 0.3) is 0 Å². The van der Waals surface area contributed by atoms with E-state index in [2.05, 4.69) is 0 Å². The molecule has 0 aliphatic heterocycles. The van der Waals surface area contributed by atoms with Crippen LogP contribution < -0.4 is 0 Å². The summed E-state index contributed by atoms with van der Waals surface area (Å²) in [7, 11) is -4.67. The van der Waals surface area contributed by atoms with Gasteiger partial charge in [0, 0.05) is 68.7 Å². The molecule has 5 nitrogen and oxygen atoms in total. The van der Waals surface area contributed by atoms with Crippen LogP contribution in [0.1, 0.15) is 0 Å². The van der Waals surface area contributed by atoms with Crippen LogP contribution in [0, 0.1) is 0 Å². The number of hydrogen-bond donors (Lipinski definition) is 2. The summed E-state index contributed by atoms with van der Waals surface area (Å²) in [6, 6.07) is 0. The molecule has 0 heterocycles. The molecule has 0 atom stereocenters. The van der Waals surface area contributed by atoms with Gasteiger partial charge in [-0.2, -0.15) is 8.42 Å². The predicted molar refractivity (Wildman–Crippen MR) is 29.3 cm³/mol. The van der Waals surface area contributed by atoms with Crippen molar-refractivity contribution in [1.29, 1.82) is 0 Å². The summed E-state index contributed by atoms with van der Waals surface area (Å²) < 4.78 is 31.6. The minimum atomic E-state index is -4.67. The number of rotatable bonds is 0. The molecule has 0 saturated heterocycles. The van der Waals surface area contributed by atoms with Crippen molar-refractivity contribution in [2.24, 2.45) is 0 Å². The molecule has 0 spiro atoms. The van der Waals surface area contributed by atoms with Gasteiger partial charge in [0.2, 0.25) is 0 Å². The van der Waals surface area contributed by atoms with Gasteiger partial charge in [-0.15, -0.1) is 0 Å². The summed E-state index contributed by atoms with van der Waals surface area (Å²) in [6.45, 7) is 0. The van der Waals surface area contributed by atoms with E-state index in [1.807, 2.05) is 0 Å². The SMILES string of the molecule is O.O=S(=O)(O)O.[Al].[K]. The summed E-state index contributed by atoms with van der Waals surface area (Å²) in [5, 5.41) is 0. The molecule has 0 aliphatic carbocycles. The van der Waals surface area contributed by atoms with E-state index in [0.717, 1.165) is 0 Å². The Morgan fingerprint density at radius 2 is 1.12 bits per heavy atom. The fraction of sp³-hybridized carbons (Fsp3) is 0. The molecule has 0 amide bonds. The molecule has 4 N–H and O–H groups in total. The quantitative estimate of drug-likeness (QED) is 0.326. The Morgan fingerprint density at radius 3 is 1.12 bits per heavy atom. The minimum absolute atomic E-state index is 0. The summed E-state index contributed by atoms with van der Waals surface area (Å²) in [6.07, 6.45) is 0. The molecule has 0 rings (SSSR count). The predicted octanol–water partition coefficient (Wildman–Crippen LogP) is -2.24. The first-order valence-electron chi connectivity index (χ1n) is 0.698.